The Labute approximate surface area is 205 Å². The third-order valence-corrected chi connectivity index (χ3v) is 7.09. The van der Waals surface area contributed by atoms with E-state index < -0.39 is 11.7 Å². The number of pyridine rings is 2. The fourth-order valence-corrected chi connectivity index (χ4v) is 5.23. The summed E-state index contributed by atoms with van der Waals surface area (Å²) < 4.78 is 44.7. The average molecular weight is 496 g/mol. The van der Waals surface area contributed by atoms with Crippen LogP contribution in [0.1, 0.15) is 65.0 Å². The molecule has 0 unspecified atom stereocenters. The smallest absolute Gasteiger partial charge is 0.383 e. The van der Waals surface area contributed by atoms with Crippen LogP contribution in [0.3, 0.4) is 0 Å². The van der Waals surface area contributed by atoms with Gasteiger partial charge in [0.1, 0.15) is 5.82 Å². The van der Waals surface area contributed by atoms with Crippen LogP contribution in [0.15, 0.2) is 36.5 Å². The van der Waals surface area contributed by atoms with E-state index in [1.807, 2.05) is 6.92 Å². The van der Waals surface area contributed by atoms with E-state index in [0.29, 0.717) is 42.0 Å². The summed E-state index contributed by atoms with van der Waals surface area (Å²) in [6.07, 6.45) is -1.84. The minimum absolute atomic E-state index is 0.00387. The summed E-state index contributed by atoms with van der Waals surface area (Å²) in [6, 6.07) is 9.30. The number of fused-ring (bicyclic) bond motifs is 3. The Morgan fingerprint density at radius 1 is 1.28 bits per heavy atom. The lowest BCUT2D eigenvalue weighted by atomic mass is 9.98. The van der Waals surface area contributed by atoms with E-state index in [0.717, 1.165) is 35.2 Å². The lowest BCUT2D eigenvalue weighted by molar-refractivity contribution is -0.137. The largest absolute Gasteiger partial charge is 0.417 e. The Hall–Kier alpha value is -3.71. The SMILES string of the molecule is C[C@@H]1OCc2c1c(N)nc1ccc(C(=O)N(Cc3ccc(C(F)(F)F)cn3)[C@H]3CCC[C@@H]3C#N)cc21. The number of alkyl halides is 3. The van der Waals surface area contributed by atoms with E-state index in [-0.39, 0.29) is 30.5 Å². The van der Waals surface area contributed by atoms with Crippen LogP contribution in [0.25, 0.3) is 10.9 Å². The van der Waals surface area contributed by atoms with Gasteiger partial charge in [-0.3, -0.25) is 9.78 Å². The van der Waals surface area contributed by atoms with Crippen molar-refractivity contribution in [2.24, 2.45) is 5.92 Å². The number of benzene rings is 1. The quantitative estimate of drug-likeness (QED) is 0.536. The molecule has 10 heteroatoms. The first-order valence-corrected chi connectivity index (χ1v) is 11.7. The number of rotatable bonds is 4. The van der Waals surface area contributed by atoms with Gasteiger partial charge in [-0.2, -0.15) is 18.4 Å². The van der Waals surface area contributed by atoms with Crippen LogP contribution < -0.4 is 5.73 Å². The van der Waals surface area contributed by atoms with Gasteiger partial charge >= 0.3 is 6.18 Å². The third-order valence-electron chi connectivity index (χ3n) is 7.09. The van der Waals surface area contributed by atoms with Crippen molar-refractivity contribution in [3.63, 3.8) is 0 Å². The summed E-state index contributed by atoms with van der Waals surface area (Å²) in [7, 11) is 0. The summed E-state index contributed by atoms with van der Waals surface area (Å²) in [5, 5.41) is 10.4. The lowest BCUT2D eigenvalue weighted by Crippen LogP contribution is -2.41. The van der Waals surface area contributed by atoms with E-state index >= 15 is 0 Å². The highest BCUT2D eigenvalue weighted by molar-refractivity contribution is 5.99. The van der Waals surface area contributed by atoms with Crippen molar-refractivity contribution >= 4 is 22.6 Å². The molecule has 1 fully saturated rings. The third kappa shape index (κ3) is 4.24. The topological polar surface area (TPSA) is 105 Å². The van der Waals surface area contributed by atoms with Gasteiger partial charge in [0, 0.05) is 28.8 Å². The second kappa shape index (κ2) is 9.06. The minimum atomic E-state index is -4.50. The van der Waals surface area contributed by atoms with Crippen LogP contribution in [0.2, 0.25) is 0 Å². The predicted molar refractivity (Wildman–Crippen MR) is 125 cm³/mol. The molecule has 2 aliphatic rings. The number of nitrogen functional groups attached to an aromatic ring is 1. The maximum Gasteiger partial charge on any atom is 0.417 e. The first kappa shape index (κ1) is 24.0. The predicted octanol–water partition coefficient (Wildman–Crippen LogP) is 5.16. The van der Waals surface area contributed by atoms with Crippen molar-refractivity contribution in [3.05, 3.63) is 64.5 Å². The molecule has 1 saturated carbocycles. The van der Waals surface area contributed by atoms with E-state index in [1.165, 1.54) is 6.07 Å². The molecule has 1 aliphatic carbocycles. The zero-order chi connectivity index (χ0) is 25.6. The van der Waals surface area contributed by atoms with Gasteiger partial charge in [0.25, 0.3) is 5.91 Å². The number of hydrogen-bond donors (Lipinski definition) is 1. The number of nitrogens with zero attached hydrogens (tertiary/aromatic N) is 4. The van der Waals surface area contributed by atoms with Crippen LogP contribution in [0.4, 0.5) is 19.0 Å². The number of amides is 1. The number of hydrogen-bond acceptors (Lipinski definition) is 6. The molecule has 3 atom stereocenters. The molecule has 186 valence electrons. The molecule has 1 aliphatic heterocycles. The summed E-state index contributed by atoms with van der Waals surface area (Å²) in [6.45, 7) is 2.25. The summed E-state index contributed by atoms with van der Waals surface area (Å²) in [5.74, 6) is -0.272. The Kier molecular flexibility index (Phi) is 6.04. The number of nitriles is 1. The van der Waals surface area contributed by atoms with Crippen LogP contribution in [-0.4, -0.2) is 26.8 Å². The van der Waals surface area contributed by atoms with Crippen molar-refractivity contribution in [2.75, 3.05) is 5.73 Å². The highest BCUT2D eigenvalue weighted by Gasteiger charge is 2.36. The second-order valence-corrected chi connectivity index (χ2v) is 9.28. The number of nitrogens with two attached hydrogens (primary N) is 1. The molecule has 0 radical (unpaired) electrons. The highest BCUT2D eigenvalue weighted by Crippen LogP contribution is 2.39. The molecular formula is C26H24F3N5O2. The maximum atomic E-state index is 13.8. The Bertz CT molecular complexity index is 1370. The second-order valence-electron chi connectivity index (χ2n) is 9.28. The van der Waals surface area contributed by atoms with Gasteiger partial charge in [-0.25, -0.2) is 4.98 Å². The first-order chi connectivity index (χ1) is 17.2. The summed E-state index contributed by atoms with van der Waals surface area (Å²) >= 11 is 0. The maximum absolute atomic E-state index is 13.8. The first-order valence-electron chi connectivity index (χ1n) is 11.7. The molecule has 5 rings (SSSR count). The summed E-state index contributed by atoms with van der Waals surface area (Å²) in [5.41, 5.74) is 8.35. The Morgan fingerprint density at radius 3 is 2.78 bits per heavy atom. The van der Waals surface area contributed by atoms with E-state index in [9.17, 15) is 23.2 Å². The number of ether oxygens (including phenoxy) is 1. The Balaban J connectivity index is 1.52. The fourth-order valence-electron chi connectivity index (χ4n) is 5.23. The van der Waals surface area contributed by atoms with Gasteiger partial charge in [0.2, 0.25) is 0 Å². The van der Waals surface area contributed by atoms with E-state index in [2.05, 4.69) is 16.0 Å². The van der Waals surface area contributed by atoms with Crippen LogP contribution in [0.5, 0.6) is 0 Å². The standard InChI is InChI=1S/C26H24F3N5O2/c1-14-23-20(13-36-14)19-9-15(5-8-21(19)33-24(23)31)25(35)34(22-4-2-3-16(22)10-30)12-18-7-6-17(11-32-18)26(27,28)29/h5-9,11,14,16,22H,2-4,12-13H2,1H3,(H2,31,33)/t14-,16+,22-/m0/s1. The van der Waals surface area contributed by atoms with E-state index in [4.69, 9.17) is 10.5 Å². The van der Waals surface area contributed by atoms with Crippen LogP contribution in [-0.2, 0) is 24.1 Å². The van der Waals surface area contributed by atoms with Gasteiger partial charge in [0.15, 0.2) is 0 Å². The highest BCUT2D eigenvalue weighted by atomic mass is 19.4. The molecule has 7 nitrogen and oxygen atoms in total. The van der Waals surface area contributed by atoms with Crippen LogP contribution >= 0.6 is 0 Å². The van der Waals surface area contributed by atoms with Crippen molar-refractivity contribution in [3.8, 4) is 6.07 Å². The number of carbonyl (C=O) groups is 1. The molecule has 2 N–H and O–H groups in total. The number of anilines is 1. The van der Waals surface area contributed by atoms with Crippen molar-refractivity contribution in [1.29, 1.82) is 5.26 Å². The zero-order valence-electron chi connectivity index (χ0n) is 19.5. The van der Waals surface area contributed by atoms with Gasteiger partial charge < -0.3 is 15.4 Å². The normalized spacial score (nSPS) is 21.4. The van der Waals surface area contributed by atoms with Crippen LogP contribution in [0, 0.1) is 17.2 Å². The molecular weight excluding hydrogens is 471 g/mol. The van der Waals surface area contributed by atoms with Gasteiger partial charge in [0.05, 0.1) is 48.0 Å². The molecule has 1 aromatic carbocycles. The molecule has 0 bridgehead atoms. The number of halogens is 3. The average Bonchev–Trinajstić information content (AvgIpc) is 3.49. The van der Waals surface area contributed by atoms with Crippen molar-refractivity contribution in [2.45, 2.75) is 57.7 Å². The summed E-state index contributed by atoms with van der Waals surface area (Å²) in [4.78, 5) is 23.8. The van der Waals surface area contributed by atoms with Crippen molar-refractivity contribution < 1.29 is 22.7 Å². The molecule has 3 aromatic rings. The fraction of sp³-hybridized carbons (Fsp3) is 0.385. The molecule has 1 amide bonds. The Morgan fingerprint density at radius 2 is 2.08 bits per heavy atom. The van der Waals surface area contributed by atoms with Gasteiger partial charge in [-0.15, -0.1) is 0 Å². The lowest BCUT2D eigenvalue weighted by Gasteiger charge is -2.31. The van der Waals surface area contributed by atoms with Crippen molar-refractivity contribution in [1.82, 2.24) is 14.9 Å². The molecule has 36 heavy (non-hydrogen) atoms. The van der Waals surface area contributed by atoms with Gasteiger partial charge in [-0.05, 0) is 62.1 Å². The number of carbonyl (C=O) groups excluding carboxylic acids is 1. The molecule has 0 spiro atoms. The zero-order valence-corrected chi connectivity index (χ0v) is 19.5. The molecule has 3 heterocycles. The molecule has 2 aromatic heterocycles. The molecule has 0 saturated heterocycles. The minimum Gasteiger partial charge on any atom is -0.383 e. The van der Waals surface area contributed by atoms with Gasteiger partial charge in [-0.1, -0.05) is 0 Å². The number of aromatic nitrogens is 2. The van der Waals surface area contributed by atoms with E-state index in [1.54, 1.807) is 23.1 Å². The monoisotopic (exact) mass is 495 g/mol.